The van der Waals surface area contributed by atoms with Crippen LogP contribution < -0.4 is 5.32 Å². The predicted octanol–water partition coefficient (Wildman–Crippen LogP) is -0.718. The van der Waals surface area contributed by atoms with Crippen LogP contribution in [0.4, 0.5) is 0 Å². The fourth-order valence-corrected chi connectivity index (χ4v) is 3.81. The van der Waals surface area contributed by atoms with Crippen LogP contribution in [-0.2, 0) is 24.3 Å². The summed E-state index contributed by atoms with van der Waals surface area (Å²) in [6.07, 6.45) is 0. The molecule has 0 aromatic heterocycles. The van der Waals surface area contributed by atoms with Crippen molar-refractivity contribution in [3.8, 4) is 0 Å². The number of piperazine rings is 1. The maximum absolute atomic E-state index is 12.5. The van der Waals surface area contributed by atoms with E-state index in [0.717, 1.165) is 0 Å². The minimum atomic E-state index is -3.49. The van der Waals surface area contributed by atoms with Crippen molar-refractivity contribution in [1.82, 2.24) is 14.5 Å². The van der Waals surface area contributed by atoms with E-state index in [4.69, 9.17) is 0 Å². The van der Waals surface area contributed by atoms with Gasteiger partial charge in [-0.3, -0.25) is 14.5 Å². The van der Waals surface area contributed by atoms with E-state index in [2.05, 4.69) is 10.1 Å². The molecule has 24 heavy (non-hydrogen) atoms. The van der Waals surface area contributed by atoms with Crippen molar-refractivity contribution in [1.29, 1.82) is 0 Å². The molecule has 1 aromatic carbocycles. The third-order valence-electron chi connectivity index (χ3n) is 3.74. The Balaban J connectivity index is 1.83. The Morgan fingerprint density at radius 2 is 1.75 bits per heavy atom. The lowest BCUT2D eigenvalue weighted by atomic mass is 10.3. The number of hydrogen-bond donors (Lipinski definition) is 1. The maximum atomic E-state index is 12.5. The molecule has 1 amide bonds. The van der Waals surface area contributed by atoms with Crippen molar-refractivity contribution in [3.63, 3.8) is 0 Å². The number of carbonyl (C=O) groups excluding carboxylic acids is 2. The molecule has 1 fully saturated rings. The van der Waals surface area contributed by atoms with Gasteiger partial charge in [-0.2, -0.15) is 4.31 Å². The van der Waals surface area contributed by atoms with Crippen molar-refractivity contribution in [3.05, 3.63) is 30.3 Å². The Bertz CT molecular complexity index is 670. The molecule has 132 valence electrons. The van der Waals surface area contributed by atoms with E-state index in [1.807, 2.05) is 4.90 Å². The van der Waals surface area contributed by atoms with Gasteiger partial charge in [0.1, 0.15) is 6.54 Å². The highest BCUT2D eigenvalue weighted by atomic mass is 32.2. The number of nitrogens with zero attached hydrogens (tertiary/aromatic N) is 2. The van der Waals surface area contributed by atoms with Crippen molar-refractivity contribution in [2.75, 3.05) is 46.4 Å². The number of hydrogen-bond acceptors (Lipinski definition) is 6. The number of carbonyl (C=O) groups is 2. The molecule has 0 spiro atoms. The number of ether oxygens (including phenoxy) is 1. The quantitative estimate of drug-likeness (QED) is 0.677. The van der Waals surface area contributed by atoms with Gasteiger partial charge in [0.2, 0.25) is 15.9 Å². The summed E-state index contributed by atoms with van der Waals surface area (Å²) in [6, 6.07) is 8.29. The first-order valence-electron chi connectivity index (χ1n) is 7.54. The van der Waals surface area contributed by atoms with Gasteiger partial charge in [0.25, 0.3) is 0 Å². The summed E-state index contributed by atoms with van der Waals surface area (Å²) in [5.74, 6) is -0.804. The van der Waals surface area contributed by atoms with Crippen molar-refractivity contribution >= 4 is 21.9 Å². The van der Waals surface area contributed by atoms with E-state index in [1.165, 1.54) is 11.4 Å². The molecule has 2 rings (SSSR count). The smallest absolute Gasteiger partial charge is 0.325 e. The Labute approximate surface area is 141 Å². The van der Waals surface area contributed by atoms with E-state index in [0.29, 0.717) is 26.2 Å². The molecule has 0 atom stereocenters. The topological polar surface area (TPSA) is 96.0 Å². The minimum Gasteiger partial charge on any atom is -0.468 e. The summed E-state index contributed by atoms with van der Waals surface area (Å²) in [4.78, 5) is 24.8. The summed E-state index contributed by atoms with van der Waals surface area (Å²) < 4.78 is 30.9. The molecule has 0 unspecified atom stereocenters. The second-order valence-corrected chi connectivity index (χ2v) is 7.28. The molecular formula is C15H21N3O5S. The number of sulfonamides is 1. The predicted molar refractivity (Wildman–Crippen MR) is 86.7 cm³/mol. The zero-order valence-electron chi connectivity index (χ0n) is 13.5. The number of benzene rings is 1. The van der Waals surface area contributed by atoms with Crippen LogP contribution in [0.1, 0.15) is 0 Å². The van der Waals surface area contributed by atoms with Gasteiger partial charge in [-0.15, -0.1) is 0 Å². The fraction of sp³-hybridized carbons (Fsp3) is 0.467. The van der Waals surface area contributed by atoms with Crippen LogP contribution in [0, 0.1) is 0 Å². The molecular weight excluding hydrogens is 334 g/mol. The highest BCUT2D eigenvalue weighted by Gasteiger charge is 2.28. The van der Waals surface area contributed by atoms with Gasteiger partial charge < -0.3 is 10.1 Å². The number of methoxy groups -OCH3 is 1. The fourth-order valence-electron chi connectivity index (χ4n) is 2.37. The molecule has 1 N–H and O–H groups in total. The minimum absolute atomic E-state index is 0.121. The normalized spacial score (nSPS) is 16.5. The van der Waals surface area contributed by atoms with Gasteiger partial charge in [0, 0.05) is 26.2 Å². The van der Waals surface area contributed by atoms with Gasteiger partial charge in [0.05, 0.1) is 18.6 Å². The summed E-state index contributed by atoms with van der Waals surface area (Å²) in [6.45, 7) is 1.51. The number of nitrogens with one attached hydrogen (secondary N) is 1. The van der Waals surface area contributed by atoms with Crippen molar-refractivity contribution in [2.45, 2.75) is 4.90 Å². The molecule has 9 heteroatoms. The second-order valence-electron chi connectivity index (χ2n) is 5.35. The molecule has 1 aliphatic rings. The standard InChI is InChI=1S/C15H21N3O5S/c1-23-15(20)11-16-14(19)12-17-7-9-18(10-8-17)24(21,22)13-5-3-2-4-6-13/h2-6H,7-12H2,1H3,(H,16,19). The lowest BCUT2D eigenvalue weighted by molar-refractivity contribution is -0.141. The van der Waals surface area contributed by atoms with Gasteiger partial charge in [-0.25, -0.2) is 8.42 Å². The lowest BCUT2D eigenvalue weighted by Gasteiger charge is -2.33. The monoisotopic (exact) mass is 355 g/mol. The van der Waals surface area contributed by atoms with Crippen LogP contribution in [0.3, 0.4) is 0 Å². The number of rotatable bonds is 6. The van der Waals surface area contributed by atoms with E-state index in [-0.39, 0.29) is 23.9 Å². The Kier molecular flexibility index (Phi) is 6.29. The Hall–Kier alpha value is -1.97. The zero-order chi connectivity index (χ0) is 17.6. The average Bonchev–Trinajstić information content (AvgIpc) is 2.61. The average molecular weight is 355 g/mol. The third-order valence-corrected chi connectivity index (χ3v) is 5.65. The first-order valence-corrected chi connectivity index (χ1v) is 8.98. The molecule has 1 aliphatic heterocycles. The van der Waals surface area contributed by atoms with E-state index in [9.17, 15) is 18.0 Å². The molecule has 1 aromatic rings. The number of amides is 1. The van der Waals surface area contributed by atoms with Gasteiger partial charge in [0.15, 0.2) is 0 Å². The summed E-state index contributed by atoms with van der Waals surface area (Å²) in [7, 11) is -2.24. The molecule has 0 bridgehead atoms. The Morgan fingerprint density at radius 3 is 2.33 bits per heavy atom. The van der Waals surface area contributed by atoms with Gasteiger partial charge >= 0.3 is 5.97 Å². The van der Waals surface area contributed by atoms with Crippen LogP contribution in [0.5, 0.6) is 0 Å². The molecule has 0 aliphatic carbocycles. The molecule has 0 radical (unpaired) electrons. The largest absolute Gasteiger partial charge is 0.468 e. The van der Waals surface area contributed by atoms with E-state index in [1.54, 1.807) is 30.3 Å². The highest BCUT2D eigenvalue weighted by molar-refractivity contribution is 7.89. The summed E-state index contributed by atoms with van der Waals surface area (Å²) >= 11 is 0. The molecule has 0 saturated carbocycles. The van der Waals surface area contributed by atoms with Gasteiger partial charge in [-0.1, -0.05) is 18.2 Å². The Morgan fingerprint density at radius 1 is 1.12 bits per heavy atom. The summed E-state index contributed by atoms with van der Waals surface area (Å²) in [5, 5.41) is 2.46. The van der Waals surface area contributed by atoms with Crippen LogP contribution >= 0.6 is 0 Å². The zero-order valence-corrected chi connectivity index (χ0v) is 14.3. The first kappa shape index (κ1) is 18.4. The van der Waals surface area contributed by atoms with Crippen LogP contribution in [0.15, 0.2) is 35.2 Å². The van der Waals surface area contributed by atoms with Crippen LogP contribution in [0.2, 0.25) is 0 Å². The third kappa shape index (κ3) is 4.76. The van der Waals surface area contributed by atoms with E-state index < -0.39 is 16.0 Å². The van der Waals surface area contributed by atoms with Crippen molar-refractivity contribution in [2.24, 2.45) is 0 Å². The van der Waals surface area contributed by atoms with Crippen LogP contribution in [0.25, 0.3) is 0 Å². The summed E-state index contributed by atoms with van der Waals surface area (Å²) in [5.41, 5.74) is 0. The van der Waals surface area contributed by atoms with E-state index >= 15 is 0 Å². The lowest BCUT2D eigenvalue weighted by Crippen LogP contribution is -2.51. The van der Waals surface area contributed by atoms with Crippen LogP contribution in [-0.4, -0.2) is 75.9 Å². The first-order chi connectivity index (χ1) is 11.4. The second kappa shape index (κ2) is 8.22. The van der Waals surface area contributed by atoms with Gasteiger partial charge in [-0.05, 0) is 12.1 Å². The SMILES string of the molecule is COC(=O)CNC(=O)CN1CCN(S(=O)(=O)c2ccccc2)CC1. The molecule has 1 heterocycles. The number of esters is 1. The molecule has 8 nitrogen and oxygen atoms in total. The van der Waals surface area contributed by atoms with Crippen molar-refractivity contribution < 1.29 is 22.7 Å². The maximum Gasteiger partial charge on any atom is 0.325 e. The highest BCUT2D eigenvalue weighted by Crippen LogP contribution is 2.16. The molecule has 1 saturated heterocycles.